The van der Waals surface area contributed by atoms with E-state index in [4.69, 9.17) is 9.26 Å². The van der Waals surface area contributed by atoms with Gasteiger partial charge in [-0.1, -0.05) is 24.4 Å². The van der Waals surface area contributed by atoms with E-state index in [0.717, 1.165) is 31.2 Å². The fourth-order valence-electron chi connectivity index (χ4n) is 3.74. The topological polar surface area (TPSA) is 60.2 Å². The molecule has 2 heterocycles. The van der Waals surface area contributed by atoms with E-state index in [2.05, 4.69) is 15.5 Å². The monoisotopic (exact) mass is 293 g/mol. The highest BCUT2D eigenvalue weighted by Gasteiger charge is 2.29. The van der Waals surface area contributed by atoms with E-state index in [0.29, 0.717) is 11.8 Å². The van der Waals surface area contributed by atoms with Crippen molar-refractivity contribution in [3.05, 3.63) is 11.7 Å². The summed E-state index contributed by atoms with van der Waals surface area (Å²) in [6.45, 7) is 2.21. The summed E-state index contributed by atoms with van der Waals surface area (Å²) in [5.74, 6) is 2.77. The summed E-state index contributed by atoms with van der Waals surface area (Å²) < 4.78 is 11.2. The Morgan fingerprint density at radius 3 is 2.67 bits per heavy atom. The molecule has 5 nitrogen and oxygen atoms in total. The smallest absolute Gasteiger partial charge is 0.227 e. The van der Waals surface area contributed by atoms with Crippen molar-refractivity contribution in [2.75, 3.05) is 20.2 Å². The fourth-order valence-corrected chi connectivity index (χ4v) is 3.74. The summed E-state index contributed by atoms with van der Waals surface area (Å²) in [6, 6.07) is 0. The van der Waals surface area contributed by atoms with Gasteiger partial charge in [-0.05, 0) is 50.6 Å². The number of piperidine rings is 1. The van der Waals surface area contributed by atoms with Gasteiger partial charge in [-0.2, -0.15) is 4.98 Å². The van der Waals surface area contributed by atoms with Gasteiger partial charge in [-0.25, -0.2) is 0 Å². The zero-order valence-corrected chi connectivity index (χ0v) is 13.0. The van der Waals surface area contributed by atoms with Crippen molar-refractivity contribution in [3.63, 3.8) is 0 Å². The Morgan fingerprint density at radius 2 is 1.95 bits per heavy atom. The third-order valence-corrected chi connectivity index (χ3v) is 4.99. The zero-order valence-electron chi connectivity index (χ0n) is 13.0. The van der Waals surface area contributed by atoms with E-state index < -0.39 is 0 Å². The number of nitrogens with one attached hydrogen (secondary N) is 1. The van der Waals surface area contributed by atoms with Gasteiger partial charge < -0.3 is 14.6 Å². The highest BCUT2D eigenvalue weighted by atomic mass is 16.5. The van der Waals surface area contributed by atoms with Crippen LogP contribution >= 0.6 is 0 Å². The third kappa shape index (κ3) is 3.83. The molecule has 0 aromatic carbocycles. The Bertz CT molecular complexity index is 423. The van der Waals surface area contributed by atoms with Gasteiger partial charge in [-0.3, -0.25) is 0 Å². The lowest BCUT2D eigenvalue weighted by Crippen LogP contribution is -2.28. The van der Waals surface area contributed by atoms with E-state index in [1.807, 2.05) is 0 Å². The van der Waals surface area contributed by atoms with Crippen LogP contribution in [0.2, 0.25) is 0 Å². The highest BCUT2D eigenvalue weighted by Crippen LogP contribution is 2.35. The standard InChI is InChI=1S/C16H27N3O2/c1-20-15(13-5-3-2-4-6-13)16-18-14(21-19-16)11-12-7-9-17-10-8-12/h12-13,15,17H,2-11H2,1H3. The predicted molar refractivity (Wildman–Crippen MR) is 79.9 cm³/mol. The van der Waals surface area contributed by atoms with Crippen LogP contribution in [-0.4, -0.2) is 30.3 Å². The first-order valence-electron chi connectivity index (χ1n) is 8.43. The van der Waals surface area contributed by atoms with Crippen molar-refractivity contribution in [2.24, 2.45) is 11.8 Å². The second-order valence-electron chi connectivity index (χ2n) is 6.50. The molecule has 0 bridgehead atoms. The fraction of sp³-hybridized carbons (Fsp3) is 0.875. The minimum Gasteiger partial charge on any atom is -0.373 e. The van der Waals surface area contributed by atoms with Crippen LogP contribution in [-0.2, 0) is 11.2 Å². The third-order valence-electron chi connectivity index (χ3n) is 4.99. The van der Waals surface area contributed by atoms with Crippen LogP contribution < -0.4 is 5.32 Å². The maximum absolute atomic E-state index is 5.68. The van der Waals surface area contributed by atoms with Crippen LogP contribution in [0.1, 0.15) is 62.8 Å². The highest BCUT2D eigenvalue weighted by molar-refractivity contribution is 4.96. The molecular weight excluding hydrogens is 266 g/mol. The van der Waals surface area contributed by atoms with E-state index in [1.54, 1.807) is 7.11 Å². The molecule has 1 saturated heterocycles. The lowest BCUT2D eigenvalue weighted by atomic mass is 9.85. The van der Waals surface area contributed by atoms with Crippen LogP contribution in [0, 0.1) is 11.8 Å². The molecule has 0 amide bonds. The summed E-state index contributed by atoms with van der Waals surface area (Å²) in [4.78, 5) is 4.63. The average molecular weight is 293 g/mol. The molecule has 5 heteroatoms. The van der Waals surface area contributed by atoms with Gasteiger partial charge in [0.1, 0.15) is 6.10 Å². The Labute approximate surface area is 126 Å². The lowest BCUT2D eigenvalue weighted by Gasteiger charge is -2.26. The van der Waals surface area contributed by atoms with Gasteiger partial charge in [-0.15, -0.1) is 0 Å². The number of rotatable bonds is 5. The number of hydrogen-bond acceptors (Lipinski definition) is 5. The summed E-state index contributed by atoms with van der Waals surface area (Å²) >= 11 is 0. The van der Waals surface area contributed by atoms with Crippen molar-refractivity contribution in [3.8, 4) is 0 Å². The molecule has 1 aromatic rings. The Morgan fingerprint density at radius 1 is 1.19 bits per heavy atom. The molecule has 118 valence electrons. The molecule has 1 unspecified atom stereocenters. The largest absolute Gasteiger partial charge is 0.373 e. The molecule has 1 aromatic heterocycles. The first-order valence-corrected chi connectivity index (χ1v) is 8.43. The number of hydrogen-bond donors (Lipinski definition) is 1. The van der Waals surface area contributed by atoms with Crippen molar-refractivity contribution < 1.29 is 9.26 Å². The molecule has 2 aliphatic rings. The van der Waals surface area contributed by atoms with Gasteiger partial charge in [0.05, 0.1) is 0 Å². The van der Waals surface area contributed by atoms with Crippen LogP contribution in [0.25, 0.3) is 0 Å². The number of ether oxygens (including phenoxy) is 1. The van der Waals surface area contributed by atoms with E-state index in [-0.39, 0.29) is 6.10 Å². The molecule has 0 radical (unpaired) electrons. The summed E-state index contributed by atoms with van der Waals surface area (Å²) in [7, 11) is 1.77. The summed E-state index contributed by atoms with van der Waals surface area (Å²) in [5, 5.41) is 7.59. The van der Waals surface area contributed by atoms with Gasteiger partial charge in [0.2, 0.25) is 11.7 Å². The molecule has 1 saturated carbocycles. The molecule has 21 heavy (non-hydrogen) atoms. The quantitative estimate of drug-likeness (QED) is 0.904. The molecule has 1 atom stereocenters. The minimum atomic E-state index is 0.0100. The van der Waals surface area contributed by atoms with Crippen LogP contribution in [0.5, 0.6) is 0 Å². The summed E-state index contributed by atoms with van der Waals surface area (Å²) in [5.41, 5.74) is 0. The molecule has 2 fully saturated rings. The number of nitrogens with zero attached hydrogens (tertiary/aromatic N) is 2. The zero-order chi connectivity index (χ0) is 14.5. The van der Waals surface area contributed by atoms with Gasteiger partial charge in [0.25, 0.3) is 0 Å². The lowest BCUT2D eigenvalue weighted by molar-refractivity contribution is 0.0273. The second-order valence-corrected chi connectivity index (χ2v) is 6.50. The molecular formula is C16H27N3O2. The maximum atomic E-state index is 5.68. The molecule has 3 rings (SSSR count). The van der Waals surface area contributed by atoms with Gasteiger partial charge in [0.15, 0.2) is 0 Å². The van der Waals surface area contributed by atoms with Crippen LogP contribution in [0.4, 0.5) is 0 Å². The Hall–Kier alpha value is -0.940. The normalized spacial score (nSPS) is 23.3. The van der Waals surface area contributed by atoms with Gasteiger partial charge in [0, 0.05) is 13.5 Å². The number of methoxy groups -OCH3 is 1. The van der Waals surface area contributed by atoms with Crippen molar-refractivity contribution in [1.29, 1.82) is 0 Å². The number of aromatic nitrogens is 2. The minimum absolute atomic E-state index is 0.0100. The SMILES string of the molecule is COC(c1noc(CC2CCNCC2)n1)C1CCCCC1. The van der Waals surface area contributed by atoms with Crippen LogP contribution in [0.15, 0.2) is 4.52 Å². The Kier molecular flexibility index (Phi) is 5.25. The molecule has 1 aliphatic heterocycles. The first kappa shape index (κ1) is 15.0. The van der Waals surface area contributed by atoms with Gasteiger partial charge >= 0.3 is 0 Å². The van der Waals surface area contributed by atoms with E-state index in [9.17, 15) is 0 Å². The first-order chi connectivity index (χ1) is 10.4. The van der Waals surface area contributed by atoms with Crippen molar-refractivity contribution in [1.82, 2.24) is 15.5 Å². The molecule has 0 spiro atoms. The van der Waals surface area contributed by atoms with Crippen LogP contribution in [0.3, 0.4) is 0 Å². The van der Waals surface area contributed by atoms with Crippen molar-refractivity contribution in [2.45, 2.75) is 57.5 Å². The molecule has 1 N–H and O–H groups in total. The van der Waals surface area contributed by atoms with E-state index in [1.165, 1.54) is 44.9 Å². The van der Waals surface area contributed by atoms with E-state index >= 15 is 0 Å². The van der Waals surface area contributed by atoms with Crippen molar-refractivity contribution >= 4 is 0 Å². The Balaban J connectivity index is 1.61. The maximum Gasteiger partial charge on any atom is 0.227 e. The predicted octanol–water partition coefficient (Wildman–Crippen LogP) is 2.88. The average Bonchev–Trinajstić information content (AvgIpc) is 2.98. The summed E-state index contributed by atoms with van der Waals surface area (Å²) in [6.07, 6.45) is 9.70. The molecule has 1 aliphatic carbocycles. The second kappa shape index (κ2) is 7.36.